The minimum absolute atomic E-state index is 0.120. The highest BCUT2D eigenvalue weighted by Crippen LogP contribution is 2.44. The topological polar surface area (TPSA) is 111 Å². The molecule has 0 aliphatic carbocycles. The summed E-state index contributed by atoms with van der Waals surface area (Å²) in [5.41, 5.74) is 2.26. The summed E-state index contributed by atoms with van der Waals surface area (Å²) in [6, 6.07) is 7.00. The summed E-state index contributed by atoms with van der Waals surface area (Å²) in [7, 11) is -3.83. The van der Waals surface area contributed by atoms with Crippen molar-refractivity contribution in [2.24, 2.45) is 5.14 Å². The molecule has 170 valence electrons. The van der Waals surface area contributed by atoms with Gasteiger partial charge in [-0.05, 0) is 29.7 Å². The first kappa shape index (κ1) is 23.3. The molecule has 1 fully saturated rings. The molecule has 12 heteroatoms. The fourth-order valence-corrected chi connectivity index (χ4v) is 6.30. The molecular weight excluding hydrogens is 493 g/mol. The van der Waals surface area contributed by atoms with Crippen LogP contribution in [-0.2, 0) is 14.8 Å². The van der Waals surface area contributed by atoms with E-state index in [9.17, 15) is 8.42 Å². The lowest BCUT2D eigenvalue weighted by Gasteiger charge is -2.26. The summed E-state index contributed by atoms with van der Waals surface area (Å²) in [5.74, 6) is 0. The number of thiazole rings is 1. The number of aromatic nitrogens is 3. The number of benzene rings is 1. The van der Waals surface area contributed by atoms with E-state index in [-0.39, 0.29) is 5.28 Å². The number of ether oxygens (including phenoxy) is 1. The molecule has 1 unspecified atom stereocenters. The number of nitrogens with zero attached hydrogens (tertiary/aromatic N) is 4. The molecule has 2 aromatic heterocycles. The van der Waals surface area contributed by atoms with E-state index in [0.717, 1.165) is 10.0 Å². The van der Waals surface area contributed by atoms with Gasteiger partial charge >= 0.3 is 0 Å². The van der Waals surface area contributed by atoms with Crippen molar-refractivity contribution in [2.75, 3.05) is 31.2 Å². The summed E-state index contributed by atoms with van der Waals surface area (Å²) in [6.45, 7) is 4.42. The van der Waals surface area contributed by atoms with Crippen LogP contribution in [0.2, 0.25) is 10.3 Å². The number of hydrogen-bond donors (Lipinski definition) is 1. The molecule has 3 heterocycles. The maximum atomic E-state index is 12.2. The van der Waals surface area contributed by atoms with Crippen LogP contribution in [0.5, 0.6) is 0 Å². The van der Waals surface area contributed by atoms with Crippen LogP contribution in [0.3, 0.4) is 0 Å². The quantitative estimate of drug-likeness (QED) is 0.492. The van der Waals surface area contributed by atoms with E-state index >= 15 is 0 Å². The first-order chi connectivity index (χ1) is 15.3. The van der Waals surface area contributed by atoms with Crippen molar-refractivity contribution in [3.63, 3.8) is 0 Å². The molecule has 0 spiro atoms. The van der Waals surface area contributed by atoms with E-state index < -0.39 is 15.3 Å². The number of nitrogens with two attached hydrogens (primary N) is 1. The van der Waals surface area contributed by atoms with Crippen LogP contribution in [0.25, 0.3) is 21.8 Å². The fraction of sp³-hybridized carbons (Fsp3) is 0.350. The number of morpholine rings is 1. The van der Waals surface area contributed by atoms with E-state index in [1.54, 1.807) is 31.3 Å². The van der Waals surface area contributed by atoms with Crippen molar-refractivity contribution in [1.82, 2.24) is 15.0 Å². The first-order valence-corrected chi connectivity index (χ1v) is 13.1. The Morgan fingerprint density at radius 3 is 2.62 bits per heavy atom. The average Bonchev–Trinajstić information content (AvgIpc) is 3.20. The molecule has 3 aromatic rings. The maximum Gasteiger partial charge on any atom is 0.222 e. The average molecular weight is 514 g/mol. The summed E-state index contributed by atoms with van der Waals surface area (Å²) in [5, 5.41) is 5.78. The van der Waals surface area contributed by atoms with Crippen LogP contribution in [-0.4, -0.2) is 49.7 Å². The van der Waals surface area contributed by atoms with Gasteiger partial charge in [0.1, 0.15) is 5.25 Å². The van der Waals surface area contributed by atoms with Crippen LogP contribution in [0.15, 0.2) is 30.5 Å². The van der Waals surface area contributed by atoms with E-state index in [0.29, 0.717) is 60.3 Å². The molecule has 0 radical (unpaired) electrons. The number of halogens is 2. The zero-order valence-electron chi connectivity index (χ0n) is 17.2. The number of anilines is 1. The van der Waals surface area contributed by atoms with Crippen molar-refractivity contribution in [2.45, 2.75) is 18.6 Å². The summed E-state index contributed by atoms with van der Waals surface area (Å²) >= 11 is 14.3. The summed E-state index contributed by atoms with van der Waals surface area (Å²) in [6.07, 6.45) is 1.88. The lowest BCUT2D eigenvalue weighted by molar-refractivity contribution is 0.122. The third-order valence-electron chi connectivity index (χ3n) is 5.15. The van der Waals surface area contributed by atoms with Gasteiger partial charge in [0.2, 0.25) is 15.3 Å². The van der Waals surface area contributed by atoms with Gasteiger partial charge in [-0.1, -0.05) is 48.1 Å². The Hall–Kier alpha value is -1.82. The molecule has 0 bridgehead atoms. The van der Waals surface area contributed by atoms with Crippen molar-refractivity contribution in [3.8, 4) is 21.8 Å². The molecule has 32 heavy (non-hydrogen) atoms. The molecule has 0 saturated carbocycles. The summed E-state index contributed by atoms with van der Waals surface area (Å²) in [4.78, 5) is 16.1. The van der Waals surface area contributed by atoms with Gasteiger partial charge in [0, 0.05) is 24.8 Å². The molecule has 0 amide bonds. The Morgan fingerprint density at radius 1 is 1.22 bits per heavy atom. The zero-order valence-corrected chi connectivity index (χ0v) is 20.3. The molecule has 4 rings (SSSR count). The highest BCUT2D eigenvalue weighted by atomic mass is 35.5. The van der Waals surface area contributed by atoms with Gasteiger partial charge < -0.3 is 9.64 Å². The van der Waals surface area contributed by atoms with Gasteiger partial charge in [0.05, 0.1) is 34.5 Å². The molecule has 1 saturated heterocycles. The van der Waals surface area contributed by atoms with Crippen LogP contribution in [0, 0.1) is 0 Å². The number of rotatable bonds is 6. The minimum Gasteiger partial charge on any atom is -0.378 e. The lowest BCUT2D eigenvalue weighted by Crippen LogP contribution is -2.36. The van der Waals surface area contributed by atoms with Crippen LogP contribution < -0.4 is 10.0 Å². The minimum atomic E-state index is -3.83. The van der Waals surface area contributed by atoms with Crippen molar-refractivity contribution in [1.29, 1.82) is 0 Å². The number of sulfonamides is 1. The Labute approximate surface area is 200 Å². The van der Waals surface area contributed by atoms with Gasteiger partial charge in [-0.25, -0.2) is 28.5 Å². The van der Waals surface area contributed by atoms with Gasteiger partial charge in [-0.2, -0.15) is 0 Å². The number of primary sulfonamides is 1. The first-order valence-electron chi connectivity index (χ1n) is 9.92. The Kier molecular flexibility index (Phi) is 6.99. The third-order valence-corrected chi connectivity index (χ3v) is 8.28. The monoisotopic (exact) mass is 513 g/mol. The van der Waals surface area contributed by atoms with E-state index in [1.807, 2.05) is 6.07 Å². The Bertz CT molecular complexity index is 1230. The smallest absolute Gasteiger partial charge is 0.222 e. The molecular formula is C20H21Cl2N5O3S2. The van der Waals surface area contributed by atoms with E-state index in [4.69, 9.17) is 38.1 Å². The van der Waals surface area contributed by atoms with Crippen molar-refractivity contribution < 1.29 is 13.2 Å². The fourth-order valence-electron chi connectivity index (χ4n) is 3.63. The van der Waals surface area contributed by atoms with Gasteiger partial charge in [-0.3, -0.25) is 0 Å². The predicted molar refractivity (Wildman–Crippen MR) is 128 cm³/mol. The number of hydrogen-bond acceptors (Lipinski definition) is 8. The highest BCUT2D eigenvalue weighted by Gasteiger charge is 2.28. The van der Waals surface area contributed by atoms with E-state index in [1.165, 1.54) is 11.3 Å². The maximum absolute atomic E-state index is 12.2. The zero-order chi connectivity index (χ0) is 22.9. The standard InChI is InChI=1S/C20H21Cl2N5O3S2/c1-2-15(32(23,28)29)12-4-3-5-13(16(12)21)17-18(14-6-7-24-19(22)25-14)31-20(26-17)27-8-10-30-11-9-27/h3-7,15H,2,8-11H2,1H3,(H2,23,28,29). The van der Waals surface area contributed by atoms with Crippen LogP contribution in [0.1, 0.15) is 24.2 Å². The molecule has 8 nitrogen and oxygen atoms in total. The SMILES string of the molecule is CCC(c1cccc(-c2nc(N3CCOCC3)sc2-c2ccnc(Cl)n2)c1Cl)S(N)(=O)=O. The van der Waals surface area contributed by atoms with Crippen molar-refractivity contribution >= 4 is 49.7 Å². The highest BCUT2D eigenvalue weighted by molar-refractivity contribution is 7.89. The lowest BCUT2D eigenvalue weighted by atomic mass is 10.0. The van der Waals surface area contributed by atoms with Gasteiger partial charge in [-0.15, -0.1) is 0 Å². The van der Waals surface area contributed by atoms with Crippen LogP contribution >= 0.6 is 34.5 Å². The summed E-state index contributed by atoms with van der Waals surface area (Å²) < 4.78 is 29.8. The second-order valence-electron chi connectivity index (χ2n) is 7.18. The van der Waals surface area contributed by atoms with Crippen molar-refractivity contribution in [3.05, 3.63) is 46.3 Å². The second kappa shape index (κ2) is 9.58. The molecule has 1 aliphatic heterocycles. The second-order valence-corrected chi connectivity index (χ2v) is 10.6. The Balaban J connectivity index is 1.89. The molecule has 1 aliphatic rings. The third kappa shape index (κ3) is 4.75. The molecule has 2 N–H and O–H groups in total. The predicted octanol–water partition coefficient (Wildman–Crippen LogP) is 4.15. The molecule has 1 atom stereocenters. The van der Waals surface area contributed by atoms with Gasteiger partial charge in [0.15, 0.2) is 5.13 Å². The Morgan fingerprint density at radius 2 is 1.97 bits per heavy atom. The largest absolute Gasteiger partial charge is 0.378 e. The normalized spacial score (nSPS) is 15.7. The van der Waals surface area contributed by atoms with Gasteiger partial charge in [0.25, 0.3) is 0 Å². The van der Waals surface area contributed by atoms with Crippen LogP contribution in [0.4, 0.5) is 5.13 Å². The molecule has 1 aromatic carbocycles. The van der Waals surface area contributed by atoms with E-state index in [2.05, 4.69) is 14.9 Å².